The predicted molar refractivity (Wildman–Crippen MR) is 67.0 cm³/mol. The molecule has 0 aliphatic heterocycles. The zero-order valence-electron chi connectivity index (χ0n) is 10.5. The second-order valence-corrected chi connectivity index (χ2v) is 4.68. The van der Waals surface area contributed by atoms with E-state index < -0.39 is 0 Å². The lowest BCUT2D eigenvalue weighted by atomic mass is 9.80. The highest BCUT2D eigenvalue weighted by Gasteiger charge is 2.25. The molecule has 1 fully saturated rings. The lowest BCUT2D eigenvalue weighted by Crippen LogP contribution is -2.34. The lowest BCUT2D eigenvalue weighted by Gasteiger charge is -2.31. The molecular formula is C14H20FNO. The maximum atomic E-state index is 13.7. The Balaban J connectivity index is 2.23. The van der Waals surface area contributed by atoms with E-state index in [0.29, 0.717) is 17.7 Å². The molecule has 0 spiro atoms. The highest BCUT2D eigenvalue weighted by Crippen LogP contribution is 2.34. The standard InChI is InChI=1S/C14H20FNO/c1-16-13-6-4-3-5-11(13)10-7-8-14(17-2)12(15)9-10/h7-9,11,13,16H,3-6H2,1-2H3. The molecule has 1 aromatic rings. The van der Waals surface area contributed by atoms with Crippen molar-refractivity contribution in [1.29, 1.82) is 0 Å². The van der Waals surface area contributed by atoms with Gasteiger partial charge in [-0.15, -0.1) is 0 Å². The van der Waals surface area contributed by atoms with Crippen molar-refractivity contribution < 1.29 is 9.13 Å². The van der Waals surface area contributed by atoms with E-state index in [1.165, 1.54) is 26.4 Å². The van der Waals surface area contributed by atoms with Crippen molar-refractivity contribution in [1.82, 2.24) is 5.32 Å². The first kappa shape index (κ1) is 12.4. The fourth-order valence-corrected chi connectivity index (χ4v) is 2.79. The average Bonchev–Trinajstić information content (AvgIpc) is 2.38. The zero-order valence-corrected chi connectivity index (χ0v) is 10.5. The van der Waals surface area contributed by atoms with Crippen molar-refractivity contribution in [3.8, 4) is 5.75 Å². The summed E-state index contributed by atoms with van der Waals surface area (Å²) in [5.41, 5.74) is 1.09. The van der Waals surface area contributed by atoms with E-state index in [-0.39, 0.29) is 5.82 Å². The molecule has 2 nitrogen and oxygen atoms in total. The Bertz CT molecular complexity index is 380. The Hall–Kier alpha value is -1.09. The van der Waals surface area contributed by atoms with Crippen molar-refractivity contribution >= 4 is 0 Å². The first-order chi connectivity index (χ1) is 8.26. The number of likely N-dealkylation sites (N-methyl/N-ethyl adjacent to an activating group) is 1. The van der Waals surface area contributed by atoms with Gasteiger partial charge < -0.3 is 10.1 Å². The summed E-state index contributed by atoms with van der Waals surface area (Å²) in [4.78, 5) is 0. The Labute approximate surface area is 102 Å². The van der Waals surface area contributed by atoms with Gasteiger partial charge >= 0.3 is 0 Å². The number of rotatable bonds is 3. The maximum absolute atomic E-state index is 13.7. The molecule has 0 bridgehead atoms. The Morgan fingerprint density at radius 1 is 1.29 bits per heavy atom. The molecule has 0 aromatic heterocycles. The molecule has 3 heteroatoms. The number of benzene rings is 1. The van der Waals surface area contributed by atoms with Gasteiger partial charge in [0.2, 0.25) is 0 Å². The largest absolute Gasteiger partial charge is 0.494 e. The number of hydrogen-bond acceptors (Lipinski definition) is 2. The fraction of sp³-hybridized carbons (Fsp3) is 0.571. The van der Waals surface area contributed by atoms with E-state index in [9.17, 15) is 4.39 Å². The first-order valence-corrected chi connectivity index (χ1v) is 6.27. The van der Waals surface area contributed by atoms with E-state index in [1.54, 1.807) is 12.1 Å². The van der Waals surface area contributed by atoms with Gasteiger partial charge in [0.05, 0.1) is 7.11 Å². The third kappa shape index (κ3) is 2.60. The SMILES string of the molecule is CNC1CCCCC1c1ccc(OC)c(F)c1. The Morgan fingerprint density at radius 2 is 2.06 bits per heavy atom. The van der Waals surface area contributed by atoms with Crippen LogP contribution in [0.1, 0.15) is 37.2 Å². The van der Waals surface area contributed by atoms with Gasteiger partial charge in [0.15, 0.2) is 11.6 Å². The summed E-state index contributed by atoms with van der Waals surface area (Å²) in [5, 5.41) is 3.35. The van der Waals surface area contributed by atoms with Crippen LogP contribution in [0.3, 0.4) is 0 Å². The minimum atomic E-state index is -0.259. The van der Waals surface area contributed by atoms with Crippen LogP contribution in [0.25, 0.3) is 0 Å². The van der Waals surface area contributed by atoms with Crippen LogP contribution in [-0.4, -0.2) is 20.2 Å². The van der Waals surface area contributed by atoms with Gasteiger partial charge in [0.25, 0.3) is 0 Å². The maximum Gasteiger partial charge on any atom is 0.165 e. The van der Waals surface area contributed by atoms with Crippen LogP contribution in [0.15, 0.2) is 18.2 Å². The van der Waals surface area contributed by atoms with Gasteiger partial charge in [-0.05, 0) is 43.5 Å². The third-order valence-electron chi connectivity index (χ3n) is 3.74. The molecule has 94 valence electrons. The van der Waals surface area contributed by atoms with Crippen molar-refractivity contribution in [3.05, 3.63) is 29.6 Å². The molecule has 17 heavy (non-hydrogen) atoms. The average molecular weight is 237 g/mol. The third-order valence-corrected chi connectivity index (χ3v) is 3.74. The van der Waals surface area contributed by atoms with Crippen molar-refractivity contribution in [2.24, 2.45) is 0 Å². The Morgan fingerprint density at radius 3 is 2.71 bits per heavy atom. The molecule has 2 unspecified atom stereocenters. The van der Waals surface area contributed by atoms with Crippen molar-refractivity contribution in [2.75, 3.05) is 14.2 Å². The summed E-state index contributed by atoms with van der Waals surface area (Å²) in [7, 11) is 3.48. The minimum Gasteiger partial charge on any atom is -0.494 e. The molecule has 0 saturated heterocycles. The monoisotopic (exact) mass is 237 g/mol. The van der Waals surface area contributed by atoms with Crippen LogP contribution < -0.4 is 10.1 Å². The van der Waals surface area contributed by atoms with E-state index in [4.69, 9.17) is 4.74 Å². The van der Waals surface area contributed by atoms with Crippen molar-refractivity contribution in [2.45, 2.75) is 37.6 Å². The molecule has 1 aliphatic rings. The quantitative estimate of drug-likeness (QED) is 0.872. The second-order valence-electron chi connectivity index (χ2n) is 4.68. The Kier molecular flexibility index (Phi) is 4.00. The van der Waals surface area contributed by atoms with Gasteiger partial charge in [-0.3, -0.25) is 0 Å². The van der Waals surface area contributed by atoms with Crippen LogP contribution in [0.5, 0.6) is 5.75 Å². The number of ether oxygens (including phenoxy) is 1. The second kappa shape index (κ2) is 5.50. The lowest BCUT2D eigenvalue weighted by molar-refractivity contribution is 0.341. The summed E-state index contributed by atoms with van der Waals surface area (Å²) in [5.74, 6) is 0.491. The summed E-state index contributed by atoms with van der Waals surface area (Å²) in [6, 6.07) is 5.81. The van der Waals surface area contributed by atoms with Crippen LogP contribution >= 0.6 is 0 Å². The molecule has 0 amide bonds. The molecule has 2 atom stereocenters. The van der Waals surface area contributed by atoms with Gasteiger partial charge in [-0.25, -0.2) is 4.39 Å². The molecule has 0 heterocycles. The summed E-state index contributed by atoms with van der Waals surface area (Å²) < 4.78 is 18.6. The van der Waals surface area contributed by atoms with Gasteiger partial charge in [0.1, 0.15) is 0 Å². The van der Waals surface area contributed by atoms with E-state index in [2.05, 4.69) is 5.32 Å². The molecule has 0 radical (unpaired) electrons. The van der Waals surface area contributed by atoms with Gasteiger partial charge in [-0.1, -0.05) is 18.9 Å². The van der Waals surface area contributed by atoms with Gasteiger partial charge in [-0.2, -0.15) is 0 Å². The van der Waals surface area contributed by atoms with Gasteiger partial charge in [0, 0.05) is 6.04 Å². The predicted octanol–water partition coefficient (Wildman–Crippen LogP) is 3.08. The number of halogens is 1. The molecule has 2 rings (SSSR count). The number of methoxy groups -OCH3 is 1. The summed E-state index contributed by atoms with van der Waals surface area (Å²) in [6.45, 7) is 0. The number of hydrogen-bond donors (Lipinski definition) is 1. The first-order valence-electron chi connectivity index (χ1n) is 6.27. The fourth-order valence-electron chi connectivity index (χ4n) is 2.79. The molecule has 1 aromatic carbocycles. The van der Waals surface area contributed by atoms with E-state index >= 15 is 0 Å². The van der Waals surface area contributed by atoms with E-state index in [1.807, 2.05) is 13.1 Å². The van der Waals surface area contributed by atoms with Crippen LogP contribution in [0.2, 0.25) is 0 Å². The van der Waals surface area contributed by atoms with Crippen LogP contribution in [-0.2, 0) is 0 Å². The summed E-state index contributed by atoms with van der Waals surface area (Å²) >= 11 is 0. The van der Waals surface area contributed by atoms with Crippen molar-refractivity contribution in [3.63, 3.8) is 0 Å². The molecular weight excluding hydrogens is 217 g/mol. The number of nitrogens with one attached hydrogen (secondary N) is 1. The highest BCUT2D eigenvalue weighted by atomic mass is 19.1. The smallest absolute Gasteiger partial charge is 0.165 e. The highest BCUT2D eigenvalue weighted by molar-refractivity contribution is 5.32. The molecule has 1 saturated carbocycles. The zero-order chi connectivity index (χ0) is 12.3. The molecule has 1 N–H and O–H groups in total. The molecule has 1 aliphatic carbocycles. The summed E-state index contributed by atoms with van der Waals surface area (Å²) in [6.07, 6.45) is 4.81. The minimum absolute atomic E-state index is 0.259. The van der Waals surface area contributed by atoms with Crippen LogP contribution in [0, 0.1) is 5.82 Å². The normalized spacial score (nSPS) is 24.6. The van der Waals surface area contributed by atoms with Crippen LogP contribution in [0.4, 0.5) is 4.39 Å². The topological polar surface area (TPSA) is 21.3 Å². The van der Waals surface area contributed by atoms with E-state index in [0.717, 1.165) is 12.0 Å².